The van der Waals surface area contributed by atoms with Crippen LogP contribution in [0.3, 0.4) is 0 Å². The topological polar surface area (TPSA) is 34.0 Å². The van der Waals surface area contributed by atoms with Crippen molar-refractivity contribution < 1.29 is 0 Å². The van der Waals surface area contributed by atoms with Crippen LogP contribution in [-0.4, -0.2) is 11.1 Å². The van der Waals surface area contributed by atoms with Gasteiger partial charge in [-0.15, -0.1) is 0 Å². The van der Waals surface area contributed by atoms with E-state index in [1.54, 1.807) is 16.7 Å². The van der Waals surface area contributed by atoms with E-state index in [0.717, 1.165) is 16.7 Å². The molecule has 0 aliphatic rings. The zero-order chi connectivity index (χ0) is 13.0. The number of nitrogens with one attached hydrogen (secondary N) is 1. The quantitative estimate of drug-likeness (QED) is 0.942. The number of nitrogens with zero attached hydrogens (tertiary/aromatic N) is 1. The minimum atomic E-state index is 0.0183. The molecule has 3 nitrogen and oxygen atoms in total. The van der Waals surface area contributed by atoms with Gasteiger partial charge >= 0.3 is 0 Å². The van der Waals surface area contributed by atoms with Gasteiger partial charge in [-0.2, -0.15) is 0 Å². The van der Waals surface area contributed by atoms with Crippen molar-refractivity contribution in [3.63, 3.8) is 0 Å². The van der Waals surface area contributed by atoms with Gasteiger partial charge in [0.1, 0.15) is 0 Å². The van der Waals surface area contributed by atoms with Gasteiger partial charge in [-0.25, -0.2) is 0 Å². The van der Waals surface area contributed by atoms with Gasteiger partial charge in [-0.05, 0) is 40.5 Å². The first kappa shape index (κ1) is 12.9. The molecule has 0 aliphatic carbocycles. The van der Waals surface area contributed by atoms with E-state index in [2.05, 4.69) is 34.2 Å². The Balaban J connectivity index is 1.99. The summed E-state index contributed by atoms with van der Waals surface area (Å²) in [5.41, 5.74) is 2.34. The number of rotatable bonds is 4. The molecule has 0 spiro atoms. The molecule has 2 aromatic rings. The van der Waals surface area contributed by atoms with E-state index in [9.17, 15) is 4.79 Å². The Bertz CT molecular complexity index is 592. The molecule has 0 fully saturated rings. The normalized spacial score (nSPS) is 10.3. The Kier molecular flexibility index (Phi) is 4.20. The van der Waals surface area contributed by atoms with Gasteiger partial charge in [0.05, 0.1) is 0 Å². The van der Waals surface area contributed by atoms with E-state index >= 15 is 0 Å². The molecule has 0 atom stereocenters. The summed E-state index contributed by atoms with van der Waals surface area (Å²) in [7, 11) is 0. The summed E-state index contributed by atoms with van der Waals surface area (Å²) in [5.74, 6) is 0. The van der Waals surface area contributed by atoms with E-state index in [4.69, 9.17) is 0 Å². The molecule has 1 aromatic carbocycles. The van der Waals surface area contributed by atoms with E-state index < -0.39 is 0 Å². The highest BCUT2D eigenvalue weighted by Gasteiger charge is 1.98. The molecule has 0 saturated heterocycles. The van der Waals surface area contributed by atoms with Crippen molar-refractivity contribution in [2.45, 2.75) is 13.5 Å². The molecule has 0 unspecified atom stereocenters. The molecule has 18 heavy (non-hydrogen) atoms. The van der Waals surface area contributed by atoms with E-state index in [1.807, 2.05) is 24.4 Å². The number of aryl methyl sites for hydroxylation is 1. The second-order valence-electron chi connectivity index (χ2n) is 4.12. The van der Waals surface area contributed by atoms with Crippen molar-refractivity contribution in [1.82, 2.24) is 4.57 Å². The van der Waals surface area contributed by atoms with Crippen LogP contribution in [0, 0.1) is 6.92 Å². The van der Waals surface area contributed by atoms with Gasteiger partial charge in [0.25, 0.3) is 5.56 Å². The maximum Gasteiger partial charge on any atom is 0.250 e. The van der Waals surface area contributed by atoms with Crippen LogP contribution in [0.4, 0.5) is 5.69 Å². The number of benzene rings is 1. The fraction of sp³-hybridized carbons (Fsp3) is 0.214. The molecule has 1 aromatic heterocycles. The number of hydrogen-bond acceptors (Lipinski definition) is 2. The van der Waals surface area contributed by atoms with Crippen LogP contribution in [0.15, 0.2) is 51.9 Å². The lowest BCUT2D eigenvalue weighted by molar-refractivity contribution is 0.695. The smallest absolute Gasteiger partial charge is 0.250 e. The molecule has 4 heteroatoms. The number of hydrogen-bond donors (Lipinski definition) is 1. The molecular formula is C14H15BrN2O. The van der Waals surface area contributed by atoms with Crippen molar-refractivity contribution in [1.29, 1.82) is 0 Å². The molecule has 1 N–H and O–H groups in total. The summed E-state index contributed by atoms with van der Waals surface area (Å²) < 4.78 is 2.60. The van der Waals surface area contributed by atoms with Crippen LogP contribution in [0.5, 0.6) is 0 Å². The zero-order valence-electron chi connectivity index (χ0n) is 10.2. The second kappa shape index (κ2) is 5.87. The van der Waals surface area contributed by atoms with Crippen molar-refractivity contribution in [3.8, 4) is 0 Å². The van der Waals surface area contributed by atoms with Crippen LogP contribution in [0.25, 0.3) is 0 Å². The Morgan fingerprint density at radius 1 is 1.22 bits per heavy atom. The monoisotopic (exact) mass is 306 g/mol. The van der Waals surface area contributed by atoms with Gasteiger partial charge in [-0.1, -0.05) is 18.2 Å². The van der Waals surface area contributed by atoms with Crippen LogP contribution in [-0.2, 0) is 6.54 Å². The summed E-state index contributed by atoms with van der Waals surface area (Å²) in [6.45, 7) is 3.43. The third kappa shape index (κ3) is 3.23. The standard InChI is InChI=1S/C14H15BrN2O/c1-11-4-2-3-5-13(11)16-8-9-17-10-12(15)6-7-14(17)18/h2-7,10,16H,8-9H2,1H3. The molecule has 0 amide bonds. The van der Waals surface area contributed by atoms with Crippen LogP contribution < -0.4 is 10.9 Å². The van der Waals surface area contributed by atoms with E-state index in [-0.39, 0.29) is 5.56 Å². The van der Waals surface area contributed by atoms with Gasteiger partial charge in [-0.3, -0.25) is 4.79 Å². The zero-order valence-corrected chi connectivity index (χ0v) is 11.8. The van der Waals surface area contributed by atoms with Gasteiger partial charge in [0, 0.05) is 35.5 Å². The minimum Gasteiger partial charge on any atom is -0.383 e. The lowest BCUT2D eigenvalue weighted by Crippen LogP contribution is -2.22. The molecule has 1 heterocycles. The molecule has 0 bridgehead atoms. The van der Waals surface area contributed by atoms with Gasteiger partial charge in [0.15, 0.2) is 0 Å². The van der Waals surface area contributed by atoms with Crippen molar-refractivity contribution in [2.75, 3.05) is 11.9 Å². The van der Waals surface area contributed by atoms with Crippen molar-refractivity contribution >= 4 is 21.6 Å². The maximum atomic E-state index is 11.6. The Morgan fingerprint density at radius 3 is 2.78 bits per heavy atom. The minimum absolute atomic E-state index is 0.0183. The number of aromatic nitrogens is 1. The largest absolute Gasteiger partial charge is 0.383 e. The van der Waals surface area contributed by atoms with Crippen molar-refractivity contribution in [2.24, 2.45) is 0 Å². The summed E-state index contributed by atoms with van der Waals surface area (Å²) >= 11 is 3.36. The summed E-state index contributed by atoms with van der Waals surface area (Å²) in [4.78, 5) is 11.6. The molecule has 94 valence electrons. The molecule has 0 saturated carbocycles. The fourth-order valence-electron chi connectivity index (χ4n) is 1.76. The average Bonchev–Trinajstić information content (AvgIpc) is 2.36. The lowest BCUT2D eigenvalue weighted by Gasteiger charge is -2.10. The molecular weight excluding hydrogens is 292 g/mol. The first-order valence-electron chi connectivity index (χ1n) is 5.82. The predicted molar refractivity (Wildman–Crippen MR) is 78.1 cm³/mol. The first-order chi connectivity index (χ1) is 8.66. The average molecular weight is 307 g/mol. The molecule has 0 radical (unpaired) electrons. The number of para-hydroxylation sites is 1. The third-order valence-electron chi connectivity index (χ3n) is 2.76. The van der Waals surface area contributed by atoms with Crippen molar-refractivity contribution in [3.05, 3.63) is 63.0 Å². The van der Waals surface area contributed by atoms with Gasteiger partial charge in [0.2, 0.25) is 0 Å². The third-order valence-corrected chi connectivity index (χ3v) is 3.23. The number of halogens is 1. The Labute approximate surface area is 115 Å². The number of anilines is 1. The number of pyridine rings is 1. The summed E-state index contributed by atoms with van der Waals surface area (Å²) in [6.07, 6.45) is 1.81. The first-order valence-corrected chi connectivity index (χ1v) is 6.61. The van der Waals surface area contributed by atoms with Crippen LogP contribution in [0.1, 0.15) is 5.56 Å². The summed E-state index contributed by atoms with van der Waals surface area (Å²) in [5, 5.41) is 3.33. The van der Waals surface area contributed by atoms with Gasteiger partial charge < -0.3 is 9.88 Å². The maximum absolute atomic E-state index is 11.6. The van der Waals surface area contributed by atoms with Crippen LogP contribution >= 0.6 is 15.9 Å². The highest BCUT2D eigenvalue weighted by atomic mass is 79.9. The van der Waals surface area contributed by atoms with E-state index in [0.29, 0.717) is 6.54 Å². The molecule has 2 rings (SSSR count). The fourth-order valence-corrected chi connectivity index (χ4v) is 2.14. The Morgan fingerprint density at radius 2 is 2.00 bits per heavy atom. The Hall–Kier alpha value is -1.55. The summed E-state index contributed by atoms with van der Waals surface area (Å²) in [6, 6.07) is 11.4. The van der Waals surface area contributed by atoms with Crippen LogP contribution in [0.2, 0.25) is 0 Å². The van der Waals surface area contributed by atoms with E-state index in [1.165, 1.54) is 5.56 Å². The lowest BCUT2D eigenvalue weighted by atomic mass is 10.2. The highest BCUT2D eigenvalue weighted by molar-refractivity contribution is 9.10. The second-order valence-corrected chi connectivity index (χ2v) is 5.04. The SMILES string of the molecule is Cc1ccccc1NCCn1cc(Br)ccc1=O. The highest BCUT2D eigenvalue weighted by Crippen LogP contribution is 2.12. The predicted octanol–water partition coefficient (Wildman–Crippen LogP) is 3.03. The molecule has 0 aliphatic heterocycles.